The monoisotopic (exact) mass is 308 g/mol. The maximum atomic E-state index is 6.06. The van der Waals surface area contributed by atoms with Crippen molar-refractivity contribution in [1.29, 1.82) is 0 Å². The van der Waals surface area contributed by atoms with Crippen molar-refractivity contribution in [2.75, 3.05) is 5.32 Å². The van der Waals surface area contributed by atoms with Crippen LogP contribution < -0.4 is 5.32 Å². The van der Waals surface area contributed by atoms with Crippen LogP contribution in [0.1, 0.15) is 40.0 Å². The zero-order chi connectivity index (χ0) is 13.7. The number of anilines is 1. The van der Waals surface area contributed by atoms with E-state index in [1.807, 2.05) is 0 Å². The van der Waals surface area contributed by atoms with Crippen LogP contribution in [0.2, 0.25) is 15.2 Å². The zero-order valence-corrected chi connectivity index (χ0v) is 13.2. The molecule has 0 spiro atoms. The fourth-order valence-electron chi connectivity index (χ4n) is 1.68. The predicted molar refractivity (Wildman–Crippen MR) is 81.0 cm³/mol. The molecule has 0 amide bonds. The Morgan fingerprint density at radius 2 is 1.78 bits per heavy atom. The quantitative estimate of drug-likeness (QED) is 0.685. The van der Waals surface area contributed by atoms with E-state index in [-0.39, 0.29) is 5.15 Å². The molecule has 1 N–H and O–H groups in total. The van der Waals surface area contributed by atoms with Crippen LogP contribution in [0, 0.1) is 5.92 Å². The minimum absolute atomic E-state index is 0.276. The van der Waals surface area contributed by atoms with E-state index in [0.717, 1.165) is 12.3 Å². The molecule has 1 atom stereocenters. The molecule has 0 aliphatic carbocycles. The molecule has 0 aliphatic heterocycles. The van der Waals surface area contributed by atoms with Crippen molar-refractivity contribution in [2.45, 2.75) is 46.1 Å². The molecular weight excluding hydrogens is 291 g/mol. The number of nitrogens with one attached hydrogen (secondary N) is 1. The van der Waals surface area contributed by atoms with Crippen molar-refractivity contribution < 1.29 is 0 Å². The molecule has 102 valence electrons. The molecule has 1 rings (SSSR count). The maximum absolute atomic E-state index is 6.06. The molecular formula is C13H19Cl3N2. The normalized spacial score (nSPS) is 12.8. The average molecular weight is 310 g/mol. The van der Waals surface area contributed by atoms with Gasteiger partial charge in [-0.3, -0.25) is 0 Å². The molecule has 5 heteroatoms. The largest absolute Gasteiger partial charge is 0.366 e. The van der Waals surface area contributed by atoms with Gasteiger partial charge in [-0.15, -0.1) is 0 Å². The lowest BCUT2D eigenvalue weighted by Gasteiger charge is -2.16. The average Bonchev–Trinajstić information content (AvgIpc) is 2.25. The van der Waals surface area contributed by atoms with Crippen LogP contribution in [-0.2, 0) is 0 Å². The molecule has 0 aromatic carbocycles. The number of pyridine rings is 1. The Morgan fingerprint density at radius 3 is 2.39 bits per heavy atom. The standard InChI is InChI=1S/C13H19Cl3N2/c1-8(2)5-4-6-9(3)17-13-11(15)7-10(14)12(16)18-13/h7-9H,4-6H2,1-3H3,(H,17,18). The number of hydrogen-bond donors (Lipinski definition) is 1. The van der Waals surface area contributed by atoms with Gasteiger partial charge < -0.3 is 5.32 Å². The highest BCUT2D eigenvalue weighted by atomic mass is 35.5. The Bertz CT molecular complexity index is 394. The highest BCUT2D eigenvalue weighted by Crippen LogP contribution is 2.29. The third kappa shape index (κ3) is 5.21. The fourth-order valence-corrected chi connectivity index (χ4v) is 2.24. The van der Waals surface area contributed by atoms with Crippen molar-refractivity contribution in [2.24, 2.45) is 5.92 Å². The van der Waals surface area contributed by atoms with E-state index in [1.54, 1.807) is 6.07 Å². The molecule has 1 unspecified atom stereocenters. The molecule has 0 bridgehead atoms. The van der Waals surface area contributed by atoms with E-state index in [2.05, 4.69) is 31.1 Å². The summed E-state index contributed by atoms with van der Waals surface area (Å²) >= 11 is 17.8. The van der Waals surface area contributed by atoms with Gasteiger partial charge in [-0.05, 0) is 25.3 Å². The van der Waals surface area contributed by atoms with E-state index < -0.39 is 0 Å². The third-order valence-electron chi connectivity index (χ3n) is 2.69. The van der Waals surface area contributed by atoms with Crippen LogP contribution in [0.3, 0.4) is 0 Å². The molecule has 18 heavy (non-hydrogen) atoms. The maximum Gasteiger partial charge on any atom is 0.150 e. The first kappa shape index (κ1) is 15.9. The van der Waals surface area contributed by atoms with Crippen molar-refractivity contribution in [3.63, 3.8) is 0 Å². The zero-order valence-electron chi connectivity index (χ0n) is 10.9. The van der Waals surface area contributed by atoms with E-state index in [0.29, 0.717) is 21.9 Å². The van der Waals surface area contributed by atoms with Crippen molar-refractivity contribution in [3.05, 3.63) is 21.3 Å². The minimum Gasteiger partial charge on any atom is -0.366 e. The minimum atomic E-state index is 0.276. The Kier molecular flexibility index (Phi) is 6.54. The van der Waals surface area contributed by atoms with Gasteiger partial charge in [0.15, 0.2) is 0 Å². The Labute approximate surface area is 124 Å². The number of aromatic nitrogens is 1. The Balaban J connectivity index is 2.54. The molecule has 0 fully saturated rings. The Morgan fingerprint density at radius 1 is 1.11 bits per heavy atom. The van der Waals surface area contributed by atoms with E-state index in [1.165, 1.54) is 12.8 Å². The molecule has 1 aromatic rings. The summed E-state index contributed by atoms with van der Waals surface area (Å²) in [6, 6.07) is 1.92. The smallest absolute Gasteiger partial charge is 0.150 e. The van der Waals surface area contributed by atoms with E-state index >= 15 is 0 Å². The second-order valence-corrected chi connectivity index (χ2v) is 6.13. The van der Waals surface area contributed by atoms with Crippen LogP contribution in [0.5, 0.6) is 0 Å². The van der Waals surface area contributed by atoms with Gasteiger partial charge >= 0.3 is 0 Å². The molecule has 0 saturated heterocycles. The van der Waals surface area contributed by atoms with Crippen LogP contribution in [0.15, 0.2) is 6.07 Å². The van der Waals surface area contributed by atoms with Crippen LogP contribution in [0.4, 0.5) is 5.82 Å². The molecule has 0 saturated carbocycles. The number of halogens is 3. The van der Waals surface area contributed by atoms with Gasteiger partial charge in [0.05, 0.1) is 10.0 Å². The Hall–Kier alpha value is -0.180. The highest BCUT2D eigenvalue weighted by Gasteiger charge is 2.10. The van der Waals surface area contributed by atoms with Gasteiger partial charge in [-0.1, -0.05) is 61.5 Å². The van der Waals surface area contributed by atoms with Gasteiger partial charge in [0, 0.05) is 6.04 Å². The molecule has 0 radical (unpaired) electrons. The summed E-state index contributed by atoms with van der Waals surface area (Å²) in [7, 11) is 0. The topological polar surface area (TPSA) is 24.9 Å². The second kappa shape index (κ2) is 7.42. The summed E-state index contributed by atoms with van der Waals surface area (Å²) in [5.41, 5.74) is 0. The van der Waals surface area contributed by atoms with Crippen molar-refractivity contribution in [3.8, 4) is 0 Å². The van der Waals surface area contributed by atoms with Gasteiger partial charge in [0.25, 0.3) is 0 Å². The number of nitrogens with zero attached hydrogens (tertiary/aromatic N) is 1. The van der Waals surface area contributed by atoms with E-state index in [9.17, 15) is 0 Å². The first-order valence-electron chi connectivity index (χ1n) is 6.18. The van der Waals surface area contributed by atoms with Crippen LogP contribution in [0.25, 0.3) is 0 Å². The molecule has 1 aromatic heterocycles. The lowest BCUT2D eigenvalue weighted by molar-refractivity contribution is 0.520. The van der Waals surface area contributed by atoms with E-state index in [4.69, 9.17) is 34.8 Å². The summed E-state index contributed by atoms with van der Waals surface area (Å²) in [6.07, 6.45) is 3.50. The SMILES string of the molecule is CC(C)CCCC(C)Nc1nc(Cl)c(Cl)cc1Cl. The number of hydrogen-bond acceptors (Lipinski definition) is 2. The summed E-state index contributed by atoms with van der Waals surface area (Å²) < 4.78 is 0. The van der Waals surface area contributed by atoms with Gasteiger partial charge in [0.1, 0.15) is 11.0 Å². The molecule has 2 nitrogen and oxygen atoms in total. The lowest BCUT2D eigenvalue weighted by Crippen LogP contribution is -2.16. The summed E-state index contributed by atoms with van der Waals surface area (Å²) in [6.45, 7) is 6.58. The first-order valence-corrected chi connectivity index (χ1v) is 7.31. The number of rotatable bonds is 6. The molecule has 0 aliphatic rings. The van der Waals surface area contributed by atoms with Crippen LogP contribution >= 0.6 is 34.8 Å². The highest BCUT2D eigenvalue weighted by molar-refractivity contribution is 6.42. The van der Waals surface area contributed by atoms with Gasteiger partial charge in [0.2, 0.25) is 0 Å². The van der Waals surface area contributed by atoms with Gasteiger partial charge in [-0.25, -0.2) is 4.98 Å². The van der Waals surface area contributed by atoms with Crippen molar-refractivity contribution in [1.82, 2.24) is 4.98 Å². The molecule has 1 heterocycles. The fraction of sp³-hybridized carbons (Fsp3) is 0.615. The van der Waals surface area contributed by atoms with Gasteiger partial charge in [-0.2, -0.15) is 0 Å². The van der Waals surface area contributed by atoms with Crippen LogP contribution in [-0.4, -0.2) is 11.0 Å². The third-order valence-corrected chi connectivity index (χ3v) is 3.65. The second-order valence-electron chi connectivity index (χ2n) is 4.96. The summed E-state index contributed by atoms with van der Waals surface area (Å²) in [5, 5.41) is 4.42. The van der Waals surface area contributed by atoms with Crippen molar-refractivity contribution >= 4 is 40.6 Å². The lowest BCUT2D eigenvalue weighted by atomic mass is 10.0. The predicted octanol–water partition coefficient (Wildman–Crippen LogP) is 5.67. The summed E-state index contributed by atoms with van der Waals surface area (Å²) in [4.78, 5) is 4.15. The first-order chi connectivity index (χ1) is 8.40. The summed E-state index contributed by atoms with van der Waals surface area (Å²) in [5.74, 6) is 1.34.